The van der Waals surface area contributed by atoms with E-state index in [-0.39, 0.29) is 11.3 Å². The molecule has 3 N–H and O–H groups in total. The quantitative estimate of drug-likeness (QED) is 0.466. The van der Waals surface area contributed by atoms with Crippen molar-refractivity contribution in [1.29, 1.82) is 0 Å². The molecule has 1 heterocycles. The van der Waals surface area contributed by atoms with Crippen molar-refractivity contribution in [3.63, 3.8) is 0 Å². The smallest absolute Gasteiger partial charge is 0.470 e. The first-order chi connectivity index (χ1) is 13.9. The number of hydrogen-bond donors (Lipinski definition) is 3. The largest absolute Gasteiger partial charge is 0.485 e. The Bertz CT molecular complexity index is 1050. The summed E-state index contributed by atoms with van der Waals surface area (Å²) in [7, 11) is -4.94. The highest BCUT2D eigenvalue weighted by Gasteiger charge is 2.48. The third kappa shape index (κ3) is 4.91. The lowest BCUT2D eigenvalue weighted by Gasteiger charge is -2.44. The fraction of sp³-hybridized carbons (Fsp3) is 0.300. The standard InChI is InChI=1S/C20H21ClNO7P/c1-11(23)12-7-8-16-15(10-12)17(18(20(2,3)28-16)29-30(25,26)27)22-19(24)13-5-4-6-14(21)9-13/h4-10,17-18H,1-3H3,(H,22,24)(H2,25,26,27). The van der Waals surface area contributed by atoms with Gasteiger partial charge in [-0.2, -0.15) is 0 Å². The normalized spacial score (nSPS) is 20.1. The molecule has 0 radical (unpaired) electrons. The number of benzene rings is 2. The lowest BCUT2D eigenvalue weighted by molar-refractivity contribution is -0.0597. The molecule has 2 aromatic carbocycles. The van der Waals surface area contributed by atoms with Crippen LogP contribution in [0.4, 0.5) is 0 Å². The van der Waals surface area contributed by atoms with Crippen LogP contribution in [0.1, 0.15) is 53.1 Å². The molecule has 10 heteroatoms. The zero-order valence-electron chi connectivity index (χ0n) is 16.5. The maximum Gasteiger partial charge on any atom is 0.470 e. The first-order valence-electron chi connectivity index (χ1n) is 9.02. The van der Waals surface area contributed by atoms with Crippen molar-refractivity contribution in [2.45, 2.75) is 38.5 Å². The minimum atomic E-state index is -4.94. The molecule has 0 fully saturated rings. The molecule has 0 bridgehead atoms. The Morgan fingerprint density at radius 2 is 1.87 bits per heavy atom. The topological polar surface area (TPSA) is 122 Å². The summed E-state index contributed by atoms with van der Waals surface area (Å²) in [6.07, 6.45) is -1.25. The minimum Gasteiger partial charge on any atom is -0.485 e. The van der Waals surface area contributed by atoms with Crippen molar-refractivity contribution < 1.29 is 33.2 Å². The number of carbonyl (C=O) groups is 2. The predicted octanol–water partition coefficient (Wildman–Crippen LogP) is 3.66. The zero-order chi connectivity index (χ0) is 22.3. The summed E-state index contributed by atoms with van der Waals surface area (Å²) < 4.78 is 22.6. The molecule has 1 amide bonds. The van der Waals surface area contributed by atoms with Crippen molar-refractivity contribution >= 4 is 31.1 Å². The van der Waals surface area contributed by atoms with Crippen molar-refractivity contribution in [2.75, 3.05) is 0 Å². The predicted molar refractivity (Wildman–Crippen MR) is 110 cm³/mol. The van der Waals surface area contributed by atoms with Crippen molar-refractivity contribution in [3.05, 3.63) is 64.2 Å². The minimum absolute atomic E-state index is 0.213. The monoisotopic (exact) mass is 453 g/mol. The van der Waals surface area contributed by atoms with E-state index in [4.69, 9.17) is 20.9 Å². The van der Waals surface area contributed by atoms with E-state index in [2.05, 4.69) is 5.32 Å². The second-order valence-electron chi connectivity index (χ2n) is 7.49. The van der Waals surface area contributed by atoms with Crippen LogP contribution in [-0.4, -0.2) is 33.2 Å². The molecule has 2 atom stereocenters. The number of rotatable bonds is 5. The van der Waals surface area contributed by atoms with Gasteiger partial charge in [0.25, 0.3) is 5.91 Å². The van der Waals surface area contributed by atoms with E-state index in [1.54, 1.807) is 44.2 Å². The molecule has 8 nitrogen and oxygen atoms in total. The average molecular weight is 454 g/mol. The molecule has 2 aromatic rings. The maximum absolute atomic E-state index is 12.9. The van der Waals surface area contributed by atoms with E-state index in [9.17, 15) is 23.9 Å². The number of amides is 1. The summed E-state index contributed by atoms with van der Waals surface area (Å²) in [5.74, 6) is -0.374. The number of nitrogens with one attached hydrogen (secondary N) is 1. The van der Waals surface area contributed by atoms with E-state index in [0.717, 1.165) is 0 Å². The maximum atomic E-state index is 12.9. The Morgan fingerprint density at radius 3 is 2.47 bits per heavy atom. The number of phosphoric acid groups is 1. The summed E-state index contributed by atoms with van der Waals surface area (Å²) in [5, 5.41) is 3.11. The Labute approximate surface area is 178 Å². The molecular formula is C20H21ClNO7P. The molecule has 1 aliphatic heterocycles. The lowest BCUT2D eigenvalue weighted by atomic mass is 9.85. The molecule has 30 heavy (non-hydrogen) atoms. The number of halogens is 1. The number of carbonyl (C=O) groups excluding carboxylic acids is 2. The molecule has 0 spiro atoms. The number of fused-ring (bicyclic) bond motifs is 1. The highest BCUT2D eigenvalue weighted by Crippen LogP contribution is 2.48. The number of ketones is 1. The van der Waals surface area contributed by atoms with Gasteiger partial charge in [0, 0.05) is 21.7 Å². The van der Waals surface area contributed by atoms with Gasteiger partial charge in [-0.05, 0) is 57.2 Å². The van der Waals surface area contributed by atoms with E-state index < -0.39 is 31.5 Å². The van der Waals surface area contributed by atoms with Crippen LogP contribution >= 0.6 is 19.4 Å². The number of ether oxygens (including phenoxy) is 1. The average Bonchev–Trinajstić information content (AvgIpc) is 2.62. The zero-order valence-corrected chi connectivity index (χ0v) is 18.1. The van der Waals surface area contributed by atoms with Crippen LogP contribution < -0.4 is 10.1 Å². The van der Waals surface area contributed by atoms with Gasteiger partial charge in [-0.3, -0.25) is 14.1 Å². The van der Waals surface area contributed by atoms with E-state index >= 15 is 0 Å². The van der Waals surface area contributed by atoms with Gasteiger partial charge in [-0.1, -0.05) is 17.7 Å². The van der Waals surface area contributed by atoms with Gasteiger partial charge in [0.2, 0.25) is 0 Å². The summed E-state index contributed by atoms with van der Waals surface area (Å²) in [6.45, 7) is 4.57. The van der Waals surface area contributed by atoms with Gasteiger partial charge in [-0.15, -0.1) is 0 Å². The first kappa shape index (κ1) is 22.5. The van der Waals surface area contributed by atoms with Crippen LogP contribution in [0.2, 0.25) is 5.02 Å². The van der Waals surface area contributed by atoms with Crippen LogP contribution in [0.3, 0.4) is 0 Å². The van der Waals surface area contributed by atoms with Crippen LogP contribution in [-0.2, 0) is 9.09 Å². The van der Waals surface area contributed by atoms with Crippen molar-refractivity contribution in [2.24, 2.45) is 0 Å². The third-order valence-electron chi connectivity index (χ3n) is 4.74. The Morgan fingerprint density at radius 1 is 1.17 bits per heavy atom. The van der Waals surface area contributed by atoms with Crippen LogP contribution in [0, 0.1) is 0 Å². The number of Topliss-reactive ketones (excluding diaryl/α,β-unsaturated/α-hetero) is 1. The Balaban J connectivity index is 2.09. The first-order valence-corrected chi connectivity index (χ1v) is 10.9. The van der Waals surface area contributed by atoms with Gasteiger partial charge in [0.05, 0.1) is 6.04 Å². The summed E-state index contributed by atoms with van der Waals surface area (Å²) in [4.78, 5) is 43.6. The van der Waals surface area contributed by atoms with Crippen LogP contribution in [0.5, 0.6) is 5.75 Å². The van der Waals surface area contributed by atoms with Crippen LogP contribution in [0.25, 0.3) is 0 Å². The lowest BCUT2D eigenvalue weighted by Crippen LogP contribution is -2.54. The summed E-state index contributed by atoms with van der Waals surface area (Å²) in [6, 6.07) is 9.91. The van der Waals surface area contributed by atoms with E-state index in [1.807, 2.05) is 0 Å². The molecular weight excluding hydrogens is 433 g/mol. The van der Waals surface area contributed by atoms with Gasteiger partial charge >= 0.3 is 7.82 Å². The molecule has 160 valence electrons. The summed E-state index contributed by atoms with van der Waals surface area (Å²) >= 11 is 5.96. The van der Waals surface area contributed by atoms with Gasteiger partial charge in [0.1, 0.15) is 17.5 Å². The molecule has 2 unspecified atom stereocenters. The van der Waals surface area contributed by atoms with Gasteiger partial charge < -0.3 is 19.8 Å². The Kier molecular flexibility index (Phi) is 6.09. The third-order valence-corrected chi connectivity index (χ3v) is 5.47. The Hall–Kier alpha value is -2.22. The highest BCUT2D eigenvalue weighted by molar-refractivity contribution is 7.46. The molecule has 0 aromatic heterocycles. The number of hydrogen-bond acceptors (Lipinski definition) is 5. The molecule has 1 aliphatic rings. The summed E-state index contributed by atoms with van der Waals surface area (Å²) in [5.41, 5.74) is -0.228. The molecule has 0 saturated carbocycles. The van der Waals surface area contributed by atoms with E-state index in [0.29, 0.717) is 21.9 Å². The van der Waals surface area contributed by atoms with Crippen molar-refractivity contribution in [3.8, 4) is 5.75 Å². The highest BCUT2D eigenvalue weighted by atomic mass is 35.5. The SMILES string of the molecule is CC(=O)c1ccc2c(c1)C(NC(=O)c1cccc(Cl)c1)C(OP(=O)(O)O)C(C)(C)O2. The molecule has 0 saturated heterocycles. The van der Waals surface area contributed by atoms with Gasteiger partial charge in [0.15, 0.2) is 5.78 Å². The van der Waals surface area contributed by atoms with E-state index in [1.165, 1.54) is 19.1 Å². The fourth-order valence-corrected chi connectivity index (χ4v) is 4.21. The van der Waals surface area contributed by atoms with Crippen molar-refractivity contribution in [1.82, 2.24) is 5.32 Å². The second kappa shape index (κ2) is 8.13. The molecule has 0 aliphatic carbocycles. The second-order valence-corrected chi connectivity index (χ2v) is 9.12. The van der Waals surface area contributed by atoms with Gasteiger partial charge in [-0.25, -0.2) is 4.57 Å². The molecule has 3 rings (SSSR count). The fourth-order valence-electron chi connectivity index (χ4n) is 3.35. The van der Waals surface area contributed by atoms with Crippen LogP contribution in [0.15, 0.2) is 42.5 Å². The number of phosphoric ester groups is 1.